The Kier molecular flexibility index (Phi) is 4.59. The van der Waals surface area contributed by atoms with Crippen LogP contribution in [0.5, 0.6) is 0 Å². The lowest BCUT2D eigenvalue weighted by Crippen LogP contribution is -2.29. The third kappa shape index (κ3) is 3.53. The zero-order chi connectivity index (χ0) is 18.8. The van der Waals surface area contributed by atoms with Crippen LogP contribution in [0.1, 0.15) is 35.7 Å². The van der Waals surface area contributed by atoms with Gasteiger partial charge in [0.2, 0.25) is 5.82 Å². The van der Waals surface area contributed by atoms with E-state index in [9.17, 15) is 4.79 Å². The summed E-state index contributed by atoms with van der Waals surface area (Å²) in [7, 11) is 0. The molecule has 0 unspecified atom stereocenters. The molecule has 0 radical (unpaired) electrons. The Morgan fingerprint density at radius 1 is 1.04 bits per heavy atom. The first-order valence-corrected chi connectivity index (χ1v) is 9.12. The van der Waals surface area contributed by atoms with E-state index < -0.39 is 0 Å². The van der Waals surface area contributed by atoms with Gasteiger partial charge >= 0.3 is 0 Å². The summed E-state index contributed by atoms with van der Waals surface area (Å²) in [5.41, 5.74) is 3.89. The fourth-order valence-corrected chi connectivity index (χ4v) is 3.03. The molecule has 4 rings (SSSR count). The summed E-state index contributed by atoms with van der Waals surface area (Å²) in [6.45, 7) is 4.68. The van der Waals surface area contributed by atoms with Gasteiger partial charge in [-0.3, -0.25) is 4.79 Å². The lowest BCUT2D eigenvalue weighted by molar-refractivity contribution is 0.0938. The van der Waals surface area contributed by atoms with E-state index in [1.54, 1.807) is 0 Å². The molecule has 136 valence electrons. The van der Waals surface area contributed by atoms with Crippen molar-refractivity contribution >= 4 is 28.0 Å². The largest absolute Gasteiger partial charge is 0.452 e. The highest BCUT2D eigenvalue weighted by Crippen LogP contribution is 2.29. The maximum absolute atomic E-state index is 12.6. The lowest BCUT2D eigenvalue weighted by Gasteiger charge is -2.08. The molecule has 2 heterocycles. The van der Waals surface area contributed by atoms with Crippen molar-refractivity contribution < 1.29 is 9.21 Å². The first kappa shape index (κ1) is 17.2. The maximum atomic E-state index is 12.6. The Hall–Kier alpha value is -3.21. The van der Waals surface area contributed by atoms with Crippen molar-refractivity contribution in [3.63, 3.8) is 0 Å². The fraction of sp³-hybridized carbons (Fsp3) is 0.227. The van der Waals surface area contributed by atoms with Crippen LogP contribution in [0.4, 0.5) is 0 Å². The number of carbonyl (C=O) groups is 1. The first-order valence-electron chi connectivity index (χ1n) is 9.12. The highest BCUT2D eigenvalue weighted by atomic mass is 16.3. The topological polar surface area (TPSA) is 68.0 Å². The number of amides is 1. The zero-order valence-corrected chi connectivity index (χ0v) is 15.4. The first-order chi connectivity index (χ1) is 13.1. The van der Waals surface area contributed by atoms with Gasteiger partial charge < -0.3 is 9.73 Å². The van der Waals surface area contributed by atoms with Crippen molar-refractivity contribution in [1.82, 2.24) is 15.3 Å². The maximum Gasteiger partial charge on any atom is 0.289 e. The highest BCUT2D eigenvalue weighted by molar-refractivity contribution is 6.04. The number of nitrogens with one attached hydrogen (secondary N) is 1. The van der Waals surface area contributed by atoms with E-state index in [1.807, 2.05) is 54.6 Å². The average Bonchev–Trinajstić information content (AvgIpc) is 3.06. The second-order valence-corrected chi connectivity index (χ2v) is 7.04. The average molecular weight is 359 g/mol. The molecule has 0 saturated carbocycles. The molecule has 4 aromatic rings. The van der Waals surface area contributed by atoms with Crippen LogP contribution in [0, 0.1) is 5.92 Å². The van der Waals surface area contributed by atoms with Crippen LogP contribution in [0.2, 0.25) is 0 Å². The molecule has 27 heavy (non-hydrogen) atoms. The van der Waals surface area contributed by atoms with Crippen molar-refractivity contribution in [1.29, 1.82) is 0 Å². The molecule has 0 saturated heterocycles. The van der Waals surface area contributed by atoms with Crippen LogP contribution in [-0.4, -0.2) is 22.4 Å². The summed E-state index contributed by atoms with van der Waals surface area (Å²) in [6.07, 6.45) is 0.574. The van der Waals surface area contributed by atoms with E-state index in [-0.39, 0.29) is 11.7 Å². The van der Waals surface area contributed by atoms with E-state index in [4.69, 9.17) is 4.42 Å². The summed E-state index contributed by atoms with van der Waals surface area (Å²) >= 11 is 0. The predicted molar refractivity (Wildman–Crippen MR) is 106 cm³/mol. The second-order valence-electron chi connectivity index (χ2n) is 7.04. The van der Waals surface area contributed by atoms with Crippen LogP contribution < -0.4 is 5.32 Å². The van der Waals surface area contributed by atoms with E-state index >= 15 is 0 Å². The Bertz CT molecular complexity index is 1100. The number of hydrogen-bond acceptors (Lipinski definition) is 4. The fourth-order valence-electron chi connectivity index (χ4n) is 3.03. The molecular formula is C22H21N3O2. The summed E-state index contributed by atoms with van der Waals surface area (Å²) in [4.78, 5) is 21.7. The van der Waals surface area contributed by atoms with E-state index in [0.29, 0.717) is 30.0 Å². The minimum Gasteiger partial charge on any atom is -0.452 e. The van der Waals surface area contributed by atoms with Crippen molar-refractivity contribution in [2.75, 3.05) is 6.54 Å². The van der Waals surface area contributed by atoms with Gasteiger partial charge in [-0.25, -0.2) is 9.97 Å². The van der Waals surface area contributed by atoms with Crippen molar-refractivity contribution in [2.24, 2.45) is 5.92 Å². The Labute approximate surface area is 157 Å². The van der Waals surface area contributed by atoms with Crippen LogP contribution in [-0.2, 0) is 6.42 Å². The monoisotopic (exact) mass is 359 g/mol. The molecule has 1 N–H and O–H groups in total. The Morgan fingerprint density at radius 2 is 1.78 bits per heavy atom. The predicted octanol–water partition coefficient (Wildman–Crippen LogP) is 4.35. The normalized spacial score (nSPS) is 11.4. The molecule has 1 amide bonds. The van der Waals surface area contributed by atoms with Gasteiger partial charge in [0, 0.05) is 18.4 Å². The minimum atomic E-state index is -0.259. The third-order valence-electron chi connectivity index (χ3n) is 4.38. The van der Waals surface area contributed by atoms with Gasteiger partial charge in [-0.1, -0.05) is 56.3 Å². The molecular weight excluding hydrogens is 338 g/mol. The zero-order valence-electron chi connectivity index (χ0n) is 15.4. The summed E-state index contributed by atoms with van der Waals surface area (Å²) < 4.78 is 6.03. The number of aromatic nitrogens is 2. The second kappa shape index (κ2) is 7.19. The van der Waals surface area contributed by atoms with Crippen LogP contribution in [0.25, 0.3) is 22.1 Å². The van der Waals surface area contributed by atoms with E-state index in [1.165, 1.54) is 0 Å². The van der Waals surface area contributed by atoms with Crippen LogP contribution >= 0.6 is 0 Å². The van der Waals surface area contributed by atoms with Crippen LogP contribution in [0.15, 0.2) is 59.0 Å². The van der Waals surface area contributed by atoms with Gasteiger partial charge in [0.1, 0.15) is 11.1 Å². The molecule has 5 nitrogen and oxygen atoms in total. The molecule has 0 atom stereocenters. The number of benzene rings is 2. The number of furan rings is 1. The SMILES string of the molecule is CC(C)CNC(=O)c1nc(Cc2ccccc2)c2oc3ccccc3c2n1. The van der Waals surface area contributed by atoms with E-state index in [2.05, 4.69) is 29.1 Å². The van der Waals surface area contributed by atoms with Gasteiger partial charge in [-0.05, 0) is 23.6 Å². The van der Waals surface area contributed by atoms with E-state index in [0.717, 1.165) is 22.2 Å². The van der Waals surface area contributed by atoms with Crippen molar-refractivity contribution in [2.45, 2.75) is 20.3 Å². The van der Waals surface area contributed by atoms with Gasteiger partial charge in [-0.15, -0.1) is 0 Å². The van der Waals surface area contributed by atoms with Gasteiger partial charge in [0.25, 0.3) is 5.91 Å². The Balaban J connectivity index is 1.84. The van der Waals surface area contributed by atoms with Gasteiger partial charge in [0.15, 0.2) is 5.58 Å². The molecule has 2 aromatic carbocycles. The number of hydrogen-bond donors (Lipinski definition) is 1. The number of fused-ring (bicyclic) bond motifs is 3. The molecule has 5 heteroatoms. The molecule has 0 spiro atoms. The molecule has 0 fully saturated rings. The smallest absolute Gasteiger partial charge is 0.289 e. The molecule has 2 aromatic heterocycles. The summed E-state index contributed by atoms with van der Waals surface area (Å²) in [6, 6.07) is 17.7. The third-order valence-corrected chi connectivity index (χ3v) is 4.38. The number of nitrogens with zero attached hydrogens (tertiary/aromatic N) is 2. The highest BCUT2D eigenvalue weighted by Gasteiger charge is 2.19. The number of para-hydroxylation sites is 1. The number of rotatable bonds is 5. The Morgan fingerprint density at radius 3 is 2.56 bits per heavy atom. The lowest BCUT2D eigenvalue weighted by atomic mass is 10.1. The molecule has 0 bridgehead atoms. The van der Waals surface area contributed by atoms with Crippen LogP contribution in [0.3, 0.4) is 0 Å². The summed E-state index contributed by atoms with van der Waals surface area (Å²) in [5.74, 6) is 0.280. The summed E-state index contributed by atoms with van der Waals surface area (Å²) in [5, 5.41) is 3.79. The quantitative estimate of drug-likeness (QED) is 0.575. The van der Waals surface area contributed by atoms with Gasteiger partial charge in [-0.2, -0.15) is 0 Å². The molecule has 0 aliphatic heterocycles. The molecule has 0 aliphatic rings. The van der Waals surface area contributed by atoms with Crippen molar-refractivity contribution in [3.8, 4) is 0 Å². The minimum absolute atomic E-state index is 0.181. The molecule has 0 aliphatic carbocycles. The standard InChI is InChI=1S/C22H21N3O2/c1-14(2)13-23-22(26)21-24-17(12-15-8-4-3-5-9-15)20-19(25-21)16-10-6-7-11-18(16)27-20/h3-11,14H,12-13H2,1-2H3,(H,23,26). The van der Waals surface area contributed by atoms with Crippen molar-refractivity contribution in [3.05, 3.63) is 71.7 Å². The number of carbonyl (C=O) groups excluding carboxylic acids is 1. The van der Waals surface area contributed by atoms with Gasteiger partial charge in [0.05, 0.1) is 5.69 Å².